The molecule has 0 aliphatic carbocycles. The number of halogens is 1. The number of pyridine rings is 1. The van der Waals surface area contributed by atoms with E-state index in [9.17, 15) is 14.0 Å². The monoisotopic (exact) mass is 420 g/mol. The van der Waals surface area contributed by atoms with Gasteiger partial charge in [-0.3, -0.25) is 9.59 Å². The average Bonchev–Trinajstić information content (AvgIpc) is 3.13. The number of hydrogen-bond donors (Lipinski definition) is 1. The van der Waals surface area contributed by atoms with E-state index in [1.165, 1.54) is 16.8 Å². The highest BCUT2D eigenvalue weighted by atomic mass is 19.1. The van der Waals surface area contributed by atoms with Crippen molar-refractivity contribution in [2.45, 2.75) is 13.1 Å². The third kappa shape index (κ3) is 4.39. The molecule has 0 fully saturated rings. The lowest BCUT2D eigenvalue weighted by molar-refractivity contribution is 0.0950. The molecular formula is C23H21FN4O3. The van der Waals surface area contributed by atoms with Crippen molar-refractivity contribution in [3.05, 3.63) is 94.3 Å². The predicted octanol–water partition coefficient (Wildman–Crippen LogP) is 2.85. The summed E-state index contributed by atoms with van der Waals surface area (Å²) >= 11 is 0. The van der Waals surface area contributed by atoms with Crippen molar-refractivity contribution in [3.63, 3.8) is 0 Å². The van der Waals surface area contributed by atoms with Gasteiger partial charge in [0, 0.05) is 32.6 Å². The highest BCUT2D eigenvalue weighted by Crippen LogP contribution is 2.22. The summed E-state index contributed by atoms with van der Waals surface area (Å²) in [6.45, 7) is 1.12. The Bertz CT molecular complexity index is 1220. The SMILES string of the molecule is COCCn1cc(C(=O)NCc2ccc(F)cc2)c2nn(-c3ccccc3)c(=O)c-2c1. The number of para-hydroxylation sites is 1. The second-order valence-corrected chi connectivity index (χ2v) is 7.03. The fraction of sp³-hybridized carbons (Fsp3) is 0.174. The van der Waals surface area contributed by atoms with Crippen molar-refractivity contribution in [1.82, 2.24) is 19.7 Å². The van der Waals surface area contributed by atoms with E-state index in [4.69, 9.17) is 4.74 Å². The quantitative estimate of drug-likeness (QED) is 0.499. The number of amides is 1. The van der Waals surface area contributed by atoms with Crippen LogP contribution in [-0.4, -0.2) is 34.0 Å². The van der Waals surface area contributed by atoms with Crippen molar-refractivity contribution in [1.29, 1.82) is 0 Å². The van der Waals surface area contributed by atoms with Crippen molar-refractivity contribution < 1.29 is 13.9 Å². The Morgan fingerprint density at radius 1 is 1.10 bits per heavy atom. The van der Waals surface area contributed by atoms with Crippen LogP contribution >= 0.6 is 0 Å². The fourth-order valence-corrected chi connectivity index (χ4v) is 3.28. The number of carbonyl (C=O) groups excluding carboxylic acids is 1. The van der Waals surface area contributed by atoms with Crippen molar-refractivity contribution in [2.75, 3.05) is 13.7 Å². The molecule has 1 amide bonds. The fourth-order valence-electron chi connectivity index (χ4n) is 3.28. The molecule has 0 radical (unpaired) electrons. The van der Waals surface area contributed by atoms with E-state index in [-0.39, 0.29) is 29.4 Å². The zero-order valence-electron chi connectivity index (χ0n) is 16.9. The van der Waals surface area contributed by atoms with Crippen LogP contribution in [0.2, 0.25) is 0 Å². The van der Waals surface area contributed by atoms with Crippen molar-refractivity contribution in [3.8, 4) is 16.9 Å². The van der Waals surface area contributed by atoms with Crippen LogP contribution in [0.25, 0.3) is 16.9 Å². The zero-order chi connectivity index (χ0) is 21.8. The molecule has 0 atom stereocenters. The Kier molecular flexibility index (Phi) is 5.90. The van der Waals surface area contributed by atoms with Crippen LogP contribution in [-0.2, 0) is 17.8 Å². The molecule has 0 saturated carbocycles. The minimum absolute atomic E-state index is 0.219. The molecule has 0 spiro atoms. The van der Waals surface area contributed by atoms with Gasteiger partial charge in [-0.25, -0.2) is 4.39 Å². The van der Waals surface area contributed by atoms with Gasteiger partial charge in [0.05, 0.1) is 23.4 Å². The van der Waals surface area contributed by atoms with E-state index < -0.39 is 0 Å². The predicted molar refractivity (Wildman–Crippen MR) is 114 cm³/mol. The number of nitrogens with zero attached hydrogens (tertiary/aromatic N) is 3. The van der Waals surface area contributed by atoms with Gasteiger partial charge in [-0.1, -0.05) is 30.3 Å². The van der Waals surface area contributed by atoms with E-state index in [1.54, 1.807) is 48.3 Å². The third-order valence-corrected chi connectivity index (χ3v) is 4.89. The second kappa shape index (κ2) is 8.93. The van der Waals surface area contributed by atoms with E-state index in [0.29, 0.717) is 30.1 Å². The maximum Gasteiger partial charge on any atom is 0.282 e. The normalized spacial score (nSPS) is 11.0. The summed E-state index contributed by atoms with van der Waals surface area (Å²) in [4.78, 5) is 26.0. The molecule has 4 rings (SSSR count). The van der Waals surface area contributed by atoms with Gasteiger partial charge in [0.25, 0.3) is 11.5 Å². The lowest BCUT2D eigenvalue weighted by Gasteiger charge is -2.12. The number of benzene rings is 2. The van der Waals surface area contributed by atoms with Crippen LogP contribution < -0.4 is 10.9 Å². The van der Waals surface area contributed by atoms with Gasteiger partial charge in [0.1, 0.15) is 11.5 Å². The van der Waals surface area contributed by atoms with E-state index in [2.05, 4.69) is 10.4 Å². The number of fused-ring (bicyclic) bond motifs is 1. The molecule has 7 nitrogen and oxygen atoms in total. The third-order valence-electron chi connectivity index (χ3n) is 4.89. The van der Waals surface area contributed by atoms with Gasteiger partial charge in [0.2, 0.25) is 0 Å². The van der Waals surface area contributed by atoms with Gasteiger partial charge in [-0.05, 0) is 29.8 Å². The zero-order valence-corrected chi connectivity index (χ0v) is 16.9. The molecule has 0 unspecified atom stereocenters. The molecule has 2 aliphatic heterocycles. The molecule has 158 valence electrons. The maximum absolute atomic E-state index is 13.1. The number of rotatable bonds is 7. The van der Waals surface area contributed by atoms with Crippen molar-refractivity contribution in [2.24, 2.45) is 0 Å². The largest absolute Gasteiger partial charge is 0.383 e. The molecule has 8 heteroatoms. The second-order valence-electron chi connectivity index (χ2n) is 7.03. The average molecular weight is 420 g/mol. The number of aromatic nitrogens is 3. The number of ether oxygens (including phenoxy) is 1. The van der Waals surface area contributed by atoms with E-state index in [1.807, 2.05) is 18.2 Å². The summed E-state index contributed by atoms with van der Waals surface area (Å²) in [5, 5.41) is 7.26. The van der Waals surface area contributed by atoms with Crippen LogP contribution in [0.5, 0.6) is 0 Å². The Balaban J connectivity index is 1.72. The number of methoxy groups -OCH3 is 1. The van der Waals surface area contributed by atoms with Crippen LogP contribution in [0, 0.1) is 5.82 Å². The minimum Gasteiger partial charge on any atom is -0.383 e. The summed E-state index contributed by atoms with van der Waals surface area (Å²) in [6, 6.07) is 14.9. The van der Waals surface area contributed by atoms with Gasteiger partial charge < -0.3 is 14.6 Å². The molecular weight excluding hydrogens is 399 g/mol. The smallest absolute Gasteiger partial charge is 0.282 e. The molecule has 2 aromatic rings. The lowest BCUT2D eigenvalue weighted by atomic mass is 10.1. The first-order chi connectivity index (χ1) is 15.1. The summed E-state index contributed by atoms with van der Waals surface area (Å²) in [7, 11) is 1.59. The molecule has 2 aromatic carbocycles. The summed E-state index contributed by atoms with van der Waals surface area (Å²) in [5.41, 5.74) is 2.01. The molecule has 0 bridgehead atoms. The highest BCUT2D eigenvalue weighted by Gasteiger charge is 2.24. The Morgan fingerprint density at radius 2 is 1.84 bits per heavy atom. The molecule has 0 aromatic heterocycles. The molecule has 0 saturated heterocycles. The van der Waals surface area contributed by atoms with Crippen LogP contribution in [0.15, 0.2) is 71.8 Å². The number of hydrogen-bond acceptors (Lipinski definition) is 4. The summed E-state index contributed by atoms with van der Waals surface area (Å²) in [6.07, 6.45) is 3.34. The van der Waals surface area contributed by atoms with Crippen LogP contribution in [0.3, 0.4) is 0 Å². The van der Waals surface area contributed by atoms with E-state index >= 15 is 0 Å². The number of carbonyl (C=O) groups is 1. The molecule has 1 N–H and O–H groups in total. The summed E-state index contributed by atoms with van der Waals surface area (Å²) < 4.78 is 21.3. The topological polar surface area (TPSA) is 78.2 Å². The van der Waals surface area contributed by atoms with Gasteiger partial charge in [-0.2, -0.15) is 9.78 Å². The van der Waals surface area contributed by atoms with E-state index in [0.717, 1.165) is 5.56 Å². The van der Waals surface area contributed by atoms with Crippen molar-refractivity contribution >= 4 is 5.91 Å². The standard InChI is InChI=1S/C23H21FN4O3/c1-31-12-11-27-14-19(22(29)25-13-16-7-9-17(24)10-8-16)21-20(15-27)23(30)28(26-21)18-5-3-2-4-6-18/h2-10,14-15H,11-13H2,1H3,(H,25,29). The van der Waals surface area contributed by atoms with Crippen LogP contribution in [0.4, 0.5) is 4.39 Å². The molecule has 2 heterocycles. The van der Waals surface area contributed by atoms with Gasteiger partial charge in [0.15, 0.2) is 0 Å². The number of nitrogens with one attached hydrogen (secondary N) is 1. The first kappa shape index (κ1) is 20.5. The lowest BCUT2D eigenvalue weighted by Crippen LogP contribution is -2.25. The maximum atomic E-state index is 13.1. The molecule has 31 heavy (non-hydrogen) atoms. The minimum atomic E-state index is -0.376. The Labute approximate surface area is 178 Å². The summed E-state index contributed by atoms with van der Waals surface area (Å²) in [5.74, 6) is -0.716. The first-order valence-electron chi connectivity index (χ1n) is 9.76. The first-order valence-corrected chi connectivity index (χ1v) is 9.76. The van der Waals surface area contributed by atoms with Crippen LogP contribution in [0.1, 0.15) is 15.9 Å². The molecule has 2 aliphatic rings. The highest BCUT2D eigenvalue weighted by molar-refractivity contribution is 5.99. The Hall–Kier alpha value is -3.78. The van der Waals surface area contributed by atoms with Gasteiger partial charge >= 0.3 is 0 Å². The Morgan fingerprint density at radius 3 is 2.55 bits per heavy atom. The van der Waals surface area contributed by atoms with Gasteiger partial charge in [-0.15, -0.1) is 0 Å².